The zero-order valence-electron chi connectivity index (χ0n) is 10.8. The highest BCUT2D eigenvalue weighted by atomic mass is 79.9. The van der Waals surface area contributed by atoms with Crippen molar-refractivity contribution in [2.45, 2.75) is 11.7 Å². The first kappa shape index (κ1) is 17.0. The Labute approximate surface area is 146 Å². The molecule has 22 heavy (non-hydrogen) atoms. The first-order valence-electron chi connectivity index (χ1n) is 5.85. The molecule has 3 N–H and O–H groups in total. The maximum atomic E-state index is 11.5. The number of nitrogens with one attached hydrogen (secondary N) is 1. The largest absolute Gasteiger partial charge is 0.506 e. The van der Waals surface area contributed by atoms with E-state index in [0.29, 0.717) is 14.5 Å². The van der Waals surface area contributed by atoms with Crippen LogP contribution in [0, 0.1) is 0 Å². The first-order valence-corrected chi connectivity index (χ1v) is 8.31. The first-order chi connectivity index (χ1) is 10.4. The van der Waals surface area contributed by atoms with Gasteiger partial charge in [-0.3, -0.25) is 9.59 Å². The Morgan fingerprint density at radius 2 is 2.05 bits per heavy atom. The van der Waals surface area contributed by atoms with Crippen LogP contribution in [-0.4, -0.2) is 38.7 Å². The molecule has 0 radical (unpaired) electrons. The summed E-state index contributed by atoms with van der Waals surface area (Å²) in [7, 11) is 0. The number of carboxylic acids is 1. The fraction of sp³-hybridized carbons (Fsp3) is 0.167. The van der Waals surface area contributed by atoms with Crippen molar-refractivity contribution in [2.75, 3.05) is 0 Å². The molecule has 1 saturated heterocycles. The molecule has 0 aliphatic carbocycles. The SMILES string of the molecule is O=C(O)CC1SC(=NN=Cc2cc(Br)c(O)c(Br)c2)NC1=O. The zero-order chi connectivity index (χ0) is 16.3. The highest BCUT2D eigenvalue weighted by molar-refractivity contribution is 9.11. The summed E-state index contributed by atoms with van der Waals surface area (Å²) in [6, 6.07) is 3.30. The third kappa shape index (κ3) is 4.31. The van der Waals surface area contributed by atoms with Crippen LogP contribution in [0.1, 0.15) is 12.0 Å². The van der Waals surface area contributed by atoms with Crippen molar-refractivity contribution in [1.29, 1.82) is 0 Å². The minimum Gasteiger partial charge on any atom is -0.506 e. The van der Waals surface area contributed by atoms with E-state index in [1.807, 2.05) is 0 Å². The Bertz CT molecular complexity index is 670. The monoisotopic (exact) mass is 449 g/mol. The molecule has 1 amide bonds. The second-order valence-corrected chi connectivity index (χ2v) is 7.08. The van der Waals surface area contributed by atoms with Crippen LogP contribution in [0.4, 0.5) is 0 Å². The van der Waals surface area contributed by atoms with E-state index in [2.05, 4.69) is 47.4 Å². The number of phenolic OH excluding ortho intramolecular Hbond substituents is 1. The summed E-state index contributed by atoms with van der Waals surface area (Å²) in [5.41, 5.74) is 0.678. The lowest BCUT2D eigenvalue weighted by Gasteiger charge is -2.01. The minimum atomic E-state index is -1.05. The summed E-state index contributed by atoms with van der Waals surface area (Å²) in [6.45, 7) is 0. The van der Waals surface area contributed by atoms with E-state index in [-0.39, 0.29) is 17.3 Å². The van der Waals surface area contributed by atoms with Crippen molar-refractivity contribution in [3.8, 4) is 5.75 Å². The summed E-state index contributed by atoms with van der Waals surface area (Å²) in [6.07, 6.45) is 1.18. The van der Waals surface area contributed by atoms with Gasteiger partial charge < -0.3 is 15.5 Å². The molecule has 0 aromatic heterocycles. The number of halogens is 2. The van der Waals surface area contributed by atoms with Gasteiger partial charge in [0, 0.05) is 0 Å². The van der Waals surface area contributed by atoms with E-state index in [1.54, 1.807) is 12.1 Å². The van der Waals surface area contributed by atoms with E-state index in [0.717, 1.165) is 11.8 Å². The predicted molar refractivity (Wildman–Crippen MR) is 90.3 cm³/mol. The molecule has 1 aliphatic heterocycles. The molecule has 0 bridgehead atoms. The predicted octanol–water partition coefficient (Wildman–Crippen LogP) is 2.31. The summed E-state index contributed by atoms with van der Waals surface area (Å²) in [5, 5.41) is 28.0. The number of aromatic hydroxyl groups is 1. The molecule has 0 spiro atoms. The molecule has 1 aromatic rings. The number of phenols is 1. The van der Waals surface area contributed by atoms with Gasteiger partial charge in [0.2, 0.25) is 5.91 Å². The second-order valence-electron chi connectivity index (χ2n) is 4.18. The number of rotatable bonds is 4. The van der Waals surface area contributed by atoms with Crippen molar-refractivity contribution < 1.29 is 19.8 Å². The molecule has 1 heterocycles. The Morgan fingerprint density at radius 3 is 2.64 bits per heavy atom. The number of amides is 1. The lowest BCUT2D eigenvalue weighted by atomic mass is 10.2. The fourth-order valence-corrected chi connectivity index (χ4v) is 3.69. The third-order valence-electron chi connectivity index (χ3n) is 2.53. The van der Waals surface area contributed by atoms with Crippen LogP contribution in [0.5, 0.6) is 5.75 Å². The third-order valence-corrected chi connectivity index (χ3v) is 4.81. The van der Waals surface area contributed by atoms with Gasteiger partial charge in [0.25, 0.3) is 0 Å². The standard InChI is InChI=1S/C12H9Br2N3O4S/c13-6-1-5(2-7(14)10(6)20)4-15-17-12-16-11(21)8(22-12)3-9(18)19/h1-2,4,8,20H,3H2,(H,18,19)(H,16,17,21). The van der Waals surface area contributed by atoms with Gasteiger partial charge in [-0.15, -0.1) is 5.10 Å². The number of carbonyl (C=O) groups is 2. The molecule has 10 heteroatoms. The van der Waals surface area contributed by atoms with Gasteiger partial charge >= 0.3 is 5.97 Å². The number of hydrogen-bond acceptors (Lipinski definition) is 6. The highest BCUT2D eigenvalue weighted by Crippen LogP contribution is 2.32. The average molecular weight is 451 g/mol. The molecule has 1 fully saturated rings. The second kappa shape index (κ2) is 7.25. The number of carboxylic acid groups (broad SMARTS) is 1. The summed E-state index contributed by atoms with van der Waals surface area (Å²) < 4.78 is 1.00. The van der Waals surface area contributed by atoms with Gasteiger partial charge in [-0.25, -0.2) is 0 Å². The van der Waals surface area contributed by atoms with Crippen LogP contribution in [0.2, 0.25) is 0 Å². The van der Waals surface area contributed by atoms with Crippen molar-refractivity contribution in [3.63, 3.8) is 0 Å². The van der Waals surface area contributed by atoms with Crippen LogP contribution in [-0.2, 0) is 9.59 Å². The molecule has 1 atom stereocenters. The fourth-order valence-electron chi connectivity index (χ4n) is 1.55. The number of aliphatic carboxylic acids is 1. The quantitative estimate of drug-likeness (QED) is 0.481. The van der Waals surface area contributed by atoms with Gasteiger partial charge in [-0.05, 0) is 49.6 Å². The zero-order valence-corrected chi connectivity index (χ0v) is 14.8. The van der Waals surface area contributed by atoms with E-state index < -0.39 is 17.1 Å². The molecule has 2 rings (SSSR count). The lowest BCUT2D eigenvalue weighted by Crippen LogP contribution is -2.26. The van der Waals surface area contributed by atoms with Crippen molar-refractivity contribution in [1.82, 2.24) is 5.32 Å². The van der Waals surface area contributed by atoms with Gasteiger partial charge in [-0.1, -0.05) is 11.8 Å². The van der Waals surface area contributed by atoms with Crippen LogP contribution in [0.3, 0.4) is 0 Å². The van der Waals surface area contributed by atoms with Crippen molar-refractivity contribution in [3.05, 3.63) is 26.6 Å². The topological polar surface area (TPSA) is 111 Å². The van der Waals surface area contributed by atoms with Crippen molar-refractivity contribution >= 4 is 66.9 Å². The van der Waals surface area contributed by atoms with Crippen molar-refractivity contribution in [2.24, 2.45) is 10.2 Å². The molecule has 1 aliphatic rings. The van der Waals surface area contributed by atoms with Crippen LogP contribution < -0.4 is 5.32 Å². The average Bonchev–Trinajstić information content (AvgIpc) is 2.75. The summed E-state index contributed by atoms with van der Waals surface area (Å²) in [5.74, 6) is -1.36. The van der Waals surface area contributed by atoms with Crippen LogP contribution >= 0.6 is 43.6 Å². The van der Waals surface area contributed by atoms with E-state index in [9.17, 15) is 14.7 Å². The molecule has 1 aromatic carbocycles. The summed E-state index contributed by atoms with van der Waals surface area (Å²) in [4.78, 5) is 22.1. The summed E-state index contributed by atoms with van der Waals surface area (Å²) >= 11 is 7.43. The number of hydrogen-bond donors (Lipinski definition) is 3. The molecular formula is C12H9Br2N3O4S. The number of carbonyl (C=O) groups excluding carboxylic acids is 1. The van der Waals surface area contributed by atoms with Crippen LogP contribution in [0.15, 0.2) is 31.3 Å². The Balaban J connectivity index is 2.06. The Morgan fingerprint density at radius 1 is 1.41 bits per heavy atom. The van der Waals surface area contributed by atoms with Gasteiger partial charge in [0.1, 0.15) is 11.0 Å². The van der Waals surface area contributed by atoms with Gasteiger partial charge in [-0.2, -0.15) is 5.10 Å². The molecule has 116 valence electrons. The molecular weight excluding hydrogens is 442 g/mol. The van der Waals surface area contributed by atoms with E-state index in [1.165, 1.54) is 6.21 Å². The van der Waals surface area contributed by atoms with Crippen LogP contribution in [0.25, 0.3) is 0 Å². The maximum absolute atomic E-state index is 11.5. The number of benzene rings is 1. The Hall–Kier alpha value is -1.39. The Kier molecular flexibility index (Phi) is 5.59. The number of nitrogens with zero attached hydrogens (tertiary/aromatic N) is 2. The highest BCUT2D eigenvalue weighted by Gasteiger charge is 2.32. The van der Waals surface area contributed by atoms with E-state index >= 15 is 0 Å². The molecule has 0 saturated carbocycles. The lowest BCUT2D eigenvalue weighted by molar-refractivity contribution is -0.138. The number of amidine groups is 1. The number of thioether (sulfide) groups is 1. The normalized spacial score (nSPS) is 19.8. The van der Waals surface area contributed by atoms with Gasteiger partial charge in [0.05, 0.1) is 21.6 Å². The maximum Gasteiger partial charge on any atom is 0.305 e. The van der Waals surface area contributed by atoms with Gasteiger partial charge in [0.15, 0.2) is 5.17 Å². The van der Waals surface area contributed by atoms with E-state index in [4.69, 9.17) is 5.11 Å². The minimum absolute atomic E-state index is 0.0820. The molecule has 7 nitrogen and oxygen atoms in total. The molecule has 1 unspecified atom stereocenters. The smallest absolute Gasteiger partial charge is 0.305 e.